The lowest BCUT2D eigenvalue weighted by Crippen LogP contribution is -2.37. The highest BCUT2D eigenvalue weighted by Gasteiger charge is 2.17. The van der Waals surface area contributed by atoms with Crippen LogP contribution < -0.4 is 5.73 Å². The van der Waals surface area contributed by atoms with Crippen molar-refractivity contribution in [1.82, 2.24) is 19.6 Å². The minimum absolute atomic E-state index is 0.407. The van der Waals surface area contributed by atoms with Crippen LogP contribution >= 0.6 is 0 Å². The number of likely N-dealkylation sites (N-methyl/N-ethyl adjacent to an activating group) is 1. The minimum atomic E-state index is -0.407. The summed E-state index contributed by atoms with van der Waals surface area (Å²) in [6, 6.07) is 0. The molecule has 0 aliphatic carbocycles. The molecule has 1 atom stereocenters. The van der Waals surface area contributed by atoms with Crippen LogP contribution in [0.3, 0.4) is 0 Å². The lowest BCUT2D eigenvalue weighted by Gasteiger charge is -2.23. The number of aliphatic hydroxyl groups excluding tert-OH is 1. The van der Waals surface area contributed by atoms with Gasteiger partial charge in [-0.25, -0.2) is 0 Å². The summed E-state index contributed by atoms with van der Waals surface area (Å²) in [6.45, 7) is 9.34. The second kappa shape index (κ2) is 6.56. The van der Waals surface area contributed by atoms with Crippen LogP contribution in [0.1, 0.15) is 17.8 Å². The van der Waals surface area contributed by atoms with Crippen LogP contribution in [0, 0.1) is 13.8 Å². The summed E-state index contributed by atoms with van der Waals surface area (Å²) in [6.07, 6.45) is 0.756. The van der Waals surface area contributed by atoms with Gasteiger partial charge in [-0.2, -0.15) is 5.10 Å². The van der Waals surface area contributed by atoms with E-state index in [0.29, 0.717) is 13.1 Å². The molecule has 0 aromatic carbocycles. The predicted octanol–water partition coefficient (Wildman–Crippen LogP) is 0.0805. The third-order valence-electron chi connectivity index (χ3n) is 4.10. The molecule has 1 aliphatic heterocycles. The van der Waals surface area contributed by atoms with Gasteiger partial charge in [0.25, 0.3) is 0 Å². The van der Waals surface area contributed by atoms with Crippen LogP contribution in [0.4, 0.5) is 5.69 Å². The predicted molar refractivity (Wildman–Crippen MR) is 80.7 cm³/mol. The Bertz CT molecular complexity index is 445. The molecule has 1 aromatic rings. The molecule has 0 spiro atoms. The first kappa shape index (κ1) is 15.3. The Labute approximate surface area is 121 Å². The van der Waals surface area contributed by atoms with Gasteiger partial charge in [-0.05, 0) is 40.4 Å². The fraction of sp³-hybridized carbons (Fsp3) is 0.786. The van der Waals surface area contributed by atoms with E-state index in [0.717, 1.165) is 49.7 Å². The Morgan fingerprint density at radius 1 is 1.20 bits per heavy atom. The molecule has 114 valence electrons. The second-order valence-corrected chi connectivity index (χ2v) is 5.88. The number of aliphatic hydroxyl groups is 1. The van der Waals surface area contributed by atoms with Gasteiger partial charge in [0.2, 0.25) is 0 Å². The number of aromatic nitrogens is 2. The number of nitrogens with zero attached hydrogens (tertiary/aromatic N) is 4. The van der Waals surface area contributed by atoms with E-state index in [4.69, 9.17) is 5.73 Å². The van der Waals surface area contributed by atoms with E-state index in [9.17, 15) is 5.11 Å². The van der Waals surface area contributed by atoms with Crippen LogP contribution in [0.25, 0.3) is 0 Å². The highest BCUT2D eigenvalue weighted by molar-refractivity contribution is 5.46. The zero-order valence-electron chi connectivity index (χ0n) is 12.8. The maximum Gasteiger partial charge on any atom is 0.0862 e. The van der Waals surface area contributed by atoms with Crippen molar-refractivity contribution < 1.29 is 5.11 Å². The molecule has 1 aromatic heterocycles. The van der Waals surface area contributed by atoms with Gasteiger partial charge < -0.3 is 15.7 Å². The molecule has 6 heteroatoms. The Kier molecular flexibility index (Phi) is 5.01. The lowest BCUT2D eigenvalue weighted by atomic mass is 10.3. The van der Waals surface area contributed by atoms with Crippen molar-refractivity contribution in [1.29, 1.82) is 0 Å². The number of rotatable bonds is 4. The number of nitrogen functional groups attached to an aromatic ring is 1. The SMILES string of the molecule is Cc1nn(CC(O)CN2CCCN(C)CC2)c(C)c1N. The third kappa shape index (κ3) is 3.71. The number of hydrogen-bond donors (Lipinski definition) is 2. The quantitative estimate of drug-likeness (QED) is 0.818. The molecular weight excluding hydrogens is 254 g/mol. The van der Waals surface area contributed by atoms with Crippen molar-refractivity contribution in [2.45, 2.75) is 32.9 Å². The van der Waals surface area contributed by atoms with E-state index in [1.807, 2.05) is 18.5 Å². The summed E-state index contributed by atoms with van der Waals surface area (Å²) in [4.78, 5) is 4.68. The zero-order valence-corrected chi connectivity index (χ0v) is 12.8. The summed E-state index contributed by atoms with van der Waals surface area (Å²) in [5.41, 5.74) is 8.43. The molecule has 20 heavy (non-hydrogen) atoms. The first-order chi connectivity index (χ1) is 9.47. The normalized spacial score (nSPS) is 20.0. The largest absolute Gasteiger partial charge is 0.396 e. The minimum Gasteiger partial charge on any atom is -0.396 e. The molecule has 1 unspecified atom stereocenters. The zero-order chi connectivity index (χ0) is 14.7. The summed E-state index contributed by atoms with van der Waals surface area (Å²) in [5, 5.41) is 14.7. The molecule has 0 radical (unpaired) electrons. The van der Waals surface area contributed by atoms with Crippen LogP contribution in [-0.4, -0.2) is 70.6 Å². The molecule has 3 N–H and O–H groups in total. The van der Waals surface area contributed by atoms with Crippen LogP contribution in [0.2, 0.25) is 0 Å². The lowest BCUT2D eigenvalue weighted by molar-refractivity contribution is 0.0961. The first-order valence-electron chi connectivity index (χ1n) is 7.36. The van der Waals surface area contributed by atoms with Crippen LogP contribution in [0.5, 0.6) is 0 Å². The monoisotopic (exact) mass is 281 g/mol. The van der Waals surface area contributed by atoms with Gasteiger partial charge in [-0.3, -0.25) is 9.58 Å². The van der Waals surface area contributed by atoms with E-state index in [1.54, 1.807) is 0 Å². The van der Waals surface area contributed by atoms with E-state index in [2.05, 4.69) is 21.9 Å². The second-order valence-electron chi connectivity index (χ2n) is 5.88. The topological polar surface area (TPSA) is 70.5 Å². The molecule has 1 saturated heterocycles. The van der Waals surface area contributed by atoms with Crippen molar-refractivity contribution in [2.75, 3.05) is 45.5 Å². The number of hydrogen-bond acceptors (Lipinski definition) is 5. The number of β-amino-alcohol motifs (C(OH)–C–C–N with tert-alkyl or cyclic N) is 1. The van der Waals surface area contributed by atoms with E-state index >= 15 is 0 Å². The molecule has 2 heterocycles. The Morgan fingerprint density at radius 3 is 2.60 bits per heavy atom. The fourth-order valence-corrected chi connectivity index (χ4v) is 2.73. The summed E-state index contributed by atoms with van der Waals surface area (Å²) in [7, 11) is 2.15. The summed E-state index contributed by atoms with van der Waals surface area (Å²) >= 11 is 0. The van der Waals surface area contributed by atoms with E-state index in [1.165, 1.54) is 0 Å². The Balaban J connectivity index is 1.88. The smallest absolute Gasteiger partial charge is 0.0862 e. The summed E-state index contributed by atoms with van der Waals surface area (Å²) < 4.78 is 1.82. The highest BCUT2D eigenvalue weighted by atomic mass is 16.3. The van der Waals surface area contributed by atoms with Crippen molar-refractivity contribution in [3.8, 4) is 0 Å². The Hall–Kier alpha value is -1.11. The molecule has 0 amide bonds. The van der Waals surface area contributed by atoms with E-state index < -0.39 is 6.10 Å². The molecule has 1 fully saturated rings. The number of aryl methyl sites for hydroxylation is 1. The molecule has 6 nitrogen and oxygen atoms in total. The molecule has 1 aliphatic rings. The number of nitrogens with two attached hydrogens (primary N) is 1. The van der Waals surface area contributed by atoms with Gasteiger partial charge in [0, 0.05) is 19.6 Å². The van der Waals surface area contributed by atoms with Gasteiger partial charge in [-0.15, -0.1) is 0 Å². The molecule has 0 saturated carbocycles. The fourth-order valence-electron chi connectivity index (χ4n) is 2.73. The number of anilines is 1. The molecule has 0 bridgehead atoms. The standard InChI is InChI=1S/C14H27N5O/c1-11-14(15)12(2)19(16-11)10-13(20)9-18-6-4-5-17(3)7-8-18/h13,20H,4-10,15H2,1-3H3. The maximum absolute atomic E-state index is 10.3. The van der Waals surface area contributed by atoms with Crippen molar-refractivity contribution in [3.63, 3.8) is 0 Å². The van der Waals surface area contributed by atoms with Gasteiger partial charge in [-0.1, -0.05) is 0 Å². The van der Waals surface area contributed by atoms with Crippen molar-refractivity contribution in [2.24, 2.45) is 0 Å². The summed E-state index contributed by atoms with van der Waals surface area (Å²) in [5.74, 6) is 0. The maximum atomic E-state index is 10.3. The van der Waals surface area contributed by atoms with Gasteiger partial charge in [0.15, 0.2) is 0 Å². The van der Waals surface area contributed by atoms with Gasteiger partial charge in [0.1, 0.15) is 0 Å². The van der Waals surface area contributed by atoms with Gasteiger partial charge >= 0.3 is 0 Å². The average molecular weight is 281 g/mol. The van der Waals surface area contributed by atoms with Crippen LogP contribution in [0.15, 0.2) is 0 Å². The third-order valence-corrected chi connectivity index (χ3v) is 4.10. The first-order valence-corrected chi connectivity index (χ1v) is 7.36. The molecule has 2 rings (SSSR count). The Morgan fingerprint density at radius 2 is 1.95 bits per heavy atom. The van der Waals surface area contributed by atoms with E-state index in [-0.39, 0.29) is 0 Å². The molecular formula is C14H27N5O. The van der Waals surface area contributed by atoms with Crippen LogP contribution in [-0.2, 0) is 6.54 Å². The average Bonchev–Trinajstić information content (AvgIpc) is 2.58. The van der Waals surface area contributed by atoms with Crippen molar-refractivity contribution in [3.05, 3.63) is 11.4 Å². The highest BCUT2D eigenvalue weighted by Crippen LogP contribution is 2.15. The van der Waals surface area contributed by atoms with Crippen molar-refractivity contribution >= 4 is 5.69 Å². The van der Waals surface area contributed by atoms with Gasteiger partial charge in [0.05, 0.1) is 29.7 Å².